The molecule has 2 amide bonds. The number of hydrogen-bond acceptors (Lipinski definition) is 7. The lowest BCUT2D eigenvalue weighted by Crippen LogP contribution is -2.24. The Balaban J connectivity index is 1.46. The van der Waals surface area contributed by atoms with Crippen LogP contribution in [0.5, 0.6) is 0 Å². The second-order valence-electron chi connectivity index (χ2n) is 7.40. The normalized spacial score (nSPS) is 15.9. The summed E-state index contributed by atoms with van der Waals surface area (Å²) in [5.74, 6) is -0.603. The van der Waals surface area contributed by atoms with Crippen LogP contribution in [0, 0.1) is 24.0 Å². The maximum Gasteiger partial charge on any atom is 0.273 e. The van der Waals surface area contributed by atoms with E-state index in [4.69, 9.17) is 0 Å². The number of amides is 2. The molecule has 1 aliphatic rings. The minimum Gasteiger partial charge on any atom is -0.312 e. The maximum atomic E-state index is 12.5. The highest BCUT2D eigenvalue weighted by Gasteiger charge is 2.34. The fourth-order valence-electron chi connectivity index (χ4n) is 3.41. The molecule has 2 heterocycles. The zero-order valence-corrected chi connectivity index (χ0v) is 17.7. The van der Waals surface area contributed by atoms with E-state index in [9.17, 15) is 19.7 Å². The van der Waals surface area contributed by atoms with Gasteiger partial charge >= 0.3 is 0 Å². The zero-order valence-electron chi connectivity index (χ0n) is 16.9. The van der Waals surface area contributed by atoms with E-state index >= 15 is 0 Å². The van der Waals surface area contributed by atoms with Crippen LogP contribution in [0.15, 0.2) is 42.5 Å². The molecule has 0 saturated carbocycles. The van der Waals surface area contributed by atoms with Crippen LogP contribution in [-0.4, -0.2) is 33.5 Å². The van der Waals surface area contributed by atoms with Gasteiger partial charge in [-0.25, -0.2) is 0 Å². The minimum atomic E-state index is -0.522. The Morgan fingerprint density at radius 2 is 1.94 bits per heavy atom. The van der Waals surface area contributed by atoms with Crippen LogP contribution >= 0.6 is 11.3 Å². The van der Waals surface area contributed by atoms with Gasteiger partial charge in [0, 0.05) is 41.8 Å². The van der Waals surface area contributed by atoms with Gasteiger partial charge in [0.1, 0.15) is 5.01 Å². The van der Waals surface area contributed by atoms with Crippen molar-refractivity contribution in [1.29, 1.82) is 0 Å². The second kappa shape index (κ2) is 8.23. The van der Waals surface area contributed by atoms with Crippen LogP contribution < -0.4 is 10.2 Å². The molecular formula is C21H19N5O4S. The van der Waals surface area contributed by atoms with E-state index in [1.54, 1.807) is 11.8 Å². The molecule has 1 aliphatic heterocycles. The first-order valence-electron chi connectivity index (χ1n) is 9.58. The number of carbonyl (C=O) groups excluding carboxylic acids is 2. The van der Waals surface area contributed by atoms with Gasteiger partial charge in [-0.1, -0.05) is 35.1 Å². The van der Waals surface area contributed by atoms with E-state index in [0.29, 0.717) is 23.5 Å². The molecule has 3 aromatic rings. The van der Waals surface area contributed by atoms with Gasteiger partial charge in [-0.3, -0.25) is 25.0 Å². The summed E-state index contributed by atoms with van der Waals surface area (Å²) >= 11 is 1.20. The molecule has 2 aromatic carbocycles. The number of nitro benzene ring substituents is 1. The van der Waals surface area contributed by atoms with E-state index in [0.717, 1.165) is 11.3 Å². The molecule has 9 nitrogen and oxygen atoms in total. The van der Waals surface area contributed by atoms with E-state index in [2.05, 4.69) is 15.5 Å². The van der Waals surface area contributed by atoms with Crippen LogP contribution in [-0.2, 0) is 4.79 Å². The van der Waals surface area contributed by atoms with E-state index < -0.39 is 10.8 Å². The molecule has 0 bridgehead atoms. The smallest absolute Gasteiger partial charge is 0.273 e. The third-order valence-electron chi connectivity index (χ3n) is 5.15. The third-order valence-corrected chi connectivity index (χ3v) is 6.15. The topological polar surface area (TPSA) is 118 Å². The Labute approximate surface area is 181 Å². The fourth-order valence-corrected chi connectivity index (χ4v) is 4.24. The van der Waals surface area contributed by atoms with Gasteiger partial charge in [-0.05, 0) is 32.0 Å². The number of nitrogens with zero attached hydrogens (tertiary/aromatic N) is 4. The summed E-state index contributed by atoms with van der Waals surface area (Å²) < 4.78 is 0. The number of carbonyl (C=O) groups is 2. The number of anilines is 2. The third kappa shape index (κ3) is 4.29. The summed E-state index contributed by atoms with van der Waals surface area (Å²) in [5, 5.41) is 22.8. The number of rotatable bonds is 5. The van der Waals surface area contributed by atoms with Crippen LogP contribution in [0.3, 0.4) is 0 Å². The highest BCUT2D eigenvalue weighted by Crippen LogP contribution is 2.34. The van der Waals surface area contributed by atoms with Crippen molar-refractivity contribution >= 4 is 39.7 Å². The number of hydrogen-bond donors (Lipinski definition) is 1. The van der Waals surface area contributed by atoms with Crippen LogP contribution in [0.25, 0.3) is 0 Å². The van der Waals surface area contributed by atoms with Gasteiger partial charge in [-0.15, -0.1) is 10.2 Å². The van der Waals surface area contributed by atoms with Crippen molar-refractivity contribution in [3.63, 3.8) is 0 Å². The summed E-state index contributed by atoms with van der Waals surface area (Å²) in [5.41, 5.74) is 2.48. The number of aromatic nitrogens is 2. The van der Waals surface area contributed by atoms with Gasteiger partial charge in [0.25, 0.3) is 11.6 Å². The second-order valence-corrected chi connectivity index (χ2v) is 8.41. The highest BCUT2D eigenvalue weighted by molar-refractivity contribution is 7.15. The predicted octanol–water partition coefficient (Wildman–Crippen LogP) is 3.84. The summed E-state index contributed by atoms with van der Waals surface area (Å²) in [4.78, 5) is 37.3. The summed E-state index contributed by atoms with van der Waals surface area (Å²) in [6, 6.07) is 12.1. The highest BCUT2D eigenvalue weighted by atomic mass is 32.1. The maximum absolute atomic E-state index is 12.5. The first-order valence-corrected chi connectivity index (χ1v) is 10.4. The Morgan fingerprint density at radius 3 is 2.65 bits per heavy atom. The first kappa shape index (κ1) is 20.6. The van der Waals surface area contributed by atoms with Crippen molar-refractivity contribution in [3.05, 3.63) is 74.3 Å². The quantitative estimate of drug-likeness (QED) is 0.479. The Kier molecular flexibility index (Phi) is 5.47. The lowest BCUT2D eigenvalue weighted by atomic mass is 10.1. The SMILES string of the molecule is Cc1ccc(N2CC(c3nnc(NC(=O)c4ccc(C)c([N+](=O)[O-])c4)s3)CC2=O)cc1. The molecule has 1 fully saturated rings. The fraction of sp³-hybridized carbons (Fsp3) is 0.238. The molecule has 1 unspecified atom stereocenters. The molecule has 10 heteroatoms. The molecule has 4 rings (SSSR count). The number of nitro groups is 1. The minimum absolute atomic E-state index is 0.0154. The Bertz CT molecular complexity index is 1170. The number of nitrogens with one attached hydrogen (secondary N) is 1. The Morgan fingerprint density at radius 1 is 1.19 bits per heavy atom. The van der Waals surface area contributed by atoms with Gasteiger partial charge in [0.2, 0.25) is 11.0 Å². The van der Waals surface area contributed by atoms with Crippen molar-refractivity contribution in [1.82, 2.24) is 10.2 Å². The van der Waals surface area contributed by atoms with Crippen molar-refractivity contribution < 1.29 is 14.5 Å². The Hall–Kier alpha value is -3.66. The predicted molar refractivity (Wildman–Crippen MR) is 117 cm³/mol. The molecule has 1 N–H and O–H groups in total. The summed E-state index contributed by atoms with van der Waals surface area (Å²) in [7, 11) is 0. The average Bonchev–Trinajstić information content (AvgIpc) is 3.35. The van der Waals surface area contributed by atoms with Gasteiger partial charge in [0.15, 0.2) is 0 Å². The lowest BCUT2D eigenvalue weighted by molar-refractivity contribution is -0.385. The number of aryl methyl sites for hydroxylation is 2. The zero-order chi connectivity index (χ0) is 22.1. The monoisotopic (exact) mass is 437 g/mol. The average molecular weight is 437 g/mol. The van der Waals surface area contributed by atoms with Gasteiger partial charge in [0.05, 0.1) is 4.92 Å². The van der Waals surface area contributed by atoms with Gasteiger partial charge < -0.3 is 4.90 Å². The summed E-state index contributed by atoms with van der Waals surface area (Å²) in [6.07, 6.45) is 0.320. The standard InChI is InChI=1S/C21H19N5O4S/c1-12-3-7-16(8-4-12)25-11-15(10-18(25)27)20-23-24-21(31-20)22-19(28)14-6-5-13(2)17(9-14)26(29)30/h3-9,15H,10-11H2,1-2H3,(H,22,24,28). The van der Waals surface area contributed by atoms with Crippen molar-refractivity contribution in [2.45, 2.75) is 26.2 Å². The molecule has 31 heavy (non-hydrogen) atoms. The number of benzene rings is 2. The van der Waals surface area contributed by atoms with Gasteiger partial charge in [-0.2, -0.15) is 0 Å². The molecular weight excluding hydrogens is 418 g/mol. The van der Waals surface area contributed by atoms with Crippen molar-refractivity contribution in [2.75, 3.05) is 16.8 Å². The van der Waals surface area contributed by atoms with E-state index in [1.807, 2.05) is 31.2 Å². The molecule has 0 radical (unpaired) electrons. The summed E-state index contributed by atoms with van der Waals surface area (Å²) in [6.45, 7) is 4.10. The van der Waals surface area contributed by atoms with Crippen LogP contribution in [0.4, 0.5) is 16.5 Å². The first-order chi connectivity index (χ1) is 14.8. The molecule has 0 aliphatic carbocycles. The van der Waals surface area contributed by atoms with E-state index in [1.165, 1.54) is 29.5 Å². The van der Waals surface area contributed by atoms with Crippen LogP contribution in [0.2, 0.25) is 0 Å². The van der Waals surface area contributed by atoms with Crippen molar-refractivity contribution in [2.24, 2.45) is 0 Å². The molecule has 1 atom stereocenters. The van der Waals surface area contributed by atoms with Crippen LogP contribution in [0.1, 0.15) is 38.8 Å². The largest absolute Gasteiger partial charge is 0.312 e. The molecule has 0 spiro atoms. The molecule has 158 valence electrons. The van der Waals surface area contributed by atoms with E-state index in [-0.39, 0.29) is 28.2 Å². The lowest BCUT2D eigenvalue weighted by Gasteiger charge is -2.16. The van der Waals surface area contributed by atoms with Crippen molar-refractivity contribution in [3.8, 4) is 0 Å². The molecule has 1 saturated heterocycles. The molecule has 1 aromatic heterocycles.